The highest BCUT2D eigenvalue weighted by Crippen LogP contribution is 2.24. The van der Waals surface area contributed by atoms with Gasteiger partial charge in [-0.1, -0.05) is 0 Å². The van der Waals surface area contributed by atoms with Gasteiger partial charge in [0.15, 0.2) is 0 Å². The second-order valence-electron chi connectivity index (χ2n) is 6.54. The van der Waals surface area contributed by atoms with Gasteiger partial charge in [0, 0.05) is 56.0 Å². The zero-order valence-corrected chi connectivity index (χ0v) is 15.3. The van der Waals surface area contributed by atoms with E-state index in [0.717, 1.165) is 43.1 Å². The van der Waals surface area contributed by atoms with Crippen LogP contribution >= 0.6 is 0 Å². The van der Waals surface area contributed by atoms with E-state index in [1.807, 2.05) is 13.0 Å². The van der Waals surface area contributed by atoms with E-state index >= 15 is 0 Å². The molecule has 0 amide bonds. The van der Waals surface area contributed by atoms with Crippen molar-refractivity contribution >= 4 is 11.6 Å². The molecule has 1 fully saturated rings. The quantitative estimate of drug-likeness (QED) is 0.696. The molecule has 27 heavy (non-hydrogen) atoms. The molecule has 1 aliphatic rings. The largest absolute Gasteiger partial charge is 0.489 e. The van der Waals surface area contributed by atoms with Crippen LogP contribution in [0.4, 0.5) is 5.82 Å². The number of anilines is 1. The molecule has 0 unspecified atom stereocenters. The van der Waals surface area contributed by atoms with Crippen molar-refractivity contribution in [2.75, 3.05) is 25.1 Å². The third-order valence-corrected chi connectivity index (χ3v) is 4.70. The van der Waals surface area contributed by atoms with E-state index in [4.69, 9.17) is 9.47 Å². The van der Waals surface area contributed by atoms with Gasteiger partial charge in [-0.15, -0.1) is 0 Å². The summed E-state index contributed by atoms with van der Waals surface area (Å²) in [7, 11) is 1.59. The lowest BCUT2D eigenvalue weighted by Crippen LogP contribution is -2.39. The smallest absolute Gasteiger partial charge is 0.259 e. The van der Waals surface area contributed by atoms with Crippen molar-refractivity contribution in [1.29, 1.82) is 0 Å². The number of pyridine rings is 1. The summed E-state index contributed by atoms with van der Waals surface area (Å²) in [4.78, 5) is 27.1. The Morgan fingerprint density at radius 3 is 2.67 bits per heavy atom. The highest BCUT2D eigenvalue weighted by molar-refractivity contribution is 5.50. The van der Waals surface area contributed by atoms with Crippen LogP contribution in [0.15, 0.2) is 41.6 Å². The molecule has 0 spiro atoms. The predicted molar refractivity (Wildman–Crippen MR) is 101 cm³/mol. The third-order valence-electron chi connectivity index (χ3n) is 4.70. The van der Waals surface area contributed by atoms with Crippen LogP contribution < -0.4 is 19.9 Å². The number of aryl methyl sites for hydroxylation is 1. The Morgan fingerprint density at radius 2 is 1.96 bits per heavy atom. The summed E-state index contributed by atoms with van der Waals surface area (Å²) in [6, 6.07) is 5.10. The molecule has 0 aromatic carbocycles. The van der Waals surface area contributed by atoms with Crippen LogP contribution in [0.5, 0.6) is 11.6 Å². The highest BCUT2D eigenvalue weighted by atomic mass is 16.5. The Morgan fingerprint density at radius 1 is 1.15 bits per heavy atom. The number of piperidine rings is 1. The topological polar surface area (TPSA) is 81.9 Å². The summed E-state index contributed by atoms with van der Waals surface area (Å²) in [5, 5.41) is 0. The van der Waals surface area contributed by atoms with Gasteiger partial charge in [-0.05, 0) is 13.0 Å². The number of hydrogen-bond donors (Lipinski definition) is 0. The van der Waals surface area contributed by atoms with Gasteiger partial charge in [0.2, 0.25) is 11.7 Å². The monoisotopic (exact) mass is 367 g/mol. The van der Waals surface area contributed by atoms with Crippen molar-refractivity contribution < 1.29 is 9.47 Å². The standard InChI is InChI=1S/C19H21N5O3/c1-13-12-24-17(25)5-8-20-19(24)22-18(13)23-9-6-14(7-10-23)27-15-3-4-16(26-2)21-11-15/h3-5,8,11-12,14H,6-7,9-10H2,1-2H3. The molecule has 0 saturated carbocycles. The van der Waals surface area contributed by atoms with Gasteiger partial charge >= 0.3 is 0 Å². The summed E-state index contributed by atoms with van der Waals surface area (Å²) in [5.41, 5.74) is 0.832. The van der Waals surface area contributed by atoms with Crippen LogP contribution in [-0.2, 0) is 0 Å². The average molecular weight is 367 g/mol. The molecule has 4 heterocycles. The molecule has 8 nitrogen and oxygen atoms in total. The molecular formula is C19H21N5O3. The minimum absolute atomic E-state index is 0.123. The van der Waals surface area contributed by atoms with E-state index in [0.29, 0.717) is 11.7 Å². The van der Waals surface area contributed by atoms with Crippen molar-refractivity contribution in [3.05, 3.63) is 52.7 Å². The number of hydrogen-bond acceptors (Lipinski definition) is 7. The summed E-state index contributed by atoms with van der Waals surface area (Å²) >= 11 is 0. The van der Waals surface area contributed by atoms with Crippen LogP contribution in [0, 0.1) is 6.92 Å². The fourth-order valence-electron chi connectivity index (χ4n) is 3.30. The maximum Gasteiger partial charge on any atom is 0.259 e. The second kappa shape index (κ2) is 7.22. The minimum Gasteiger partial charge on any atom is -0.489 e. The molecular weight excluding hydrogens is 346 g/mol. The Kier molecular flexibility index (Phi) is 4.62. The molecule has 3 aromatic heterocycles. The van der Waals surface area contributed by atoms with Gasteiger partial charge in [-0.2, -0.15) is 4.98 Å². The van der Waals surface area contributed by atoms with E-state index in [2.05, 4.69) is 19.9 Å². The number of aromatic nitrogens is 4. The first-order valence-electron chi connectivity index (χ1n) is 8.91. The Labute approximate surface area is 156 Å². The summed E-state index contributed by atoms with van der Waals surface area (Å²) in [6.45, 7) is 3.62. The summed E-state index contributed by atoms with van der Waals surface area (Å²) in [6.07, 6.45) is 6.88. The van der Waals surface area contributed by atoms with Gasteiger partial charge in [-0.25, -0.2) is 9.97 Å². The van der Waals surface area contributed by atoms with Gasteiger partial charge in [0.05, 0.1) is 13.3 Å². The molecule has 0 radical (unpaired) electrons. The Hall–Kier alpha value is -3.16. The minimum atomic E-state index is -0.123. The predicted octanol–water partition coefficient (Wildman–Crippen LogP) is 1.85. The van der Waals surface area contributed by atoms with E-state index in [1.54, 1.807) is 25.6 Å². The summed E-state index contributed by atoms with van der Waals surface area (Å²) in [5.74, 6) is 2.61. The molecule has 0 atom stereocenters. The van der Waals surface area contributed by atoms with Crippen LogP contribution in [0.1, 0.15) is 18.4 Å². The molecule has 0 N–H and O–H groups in total. The van der Waals surface area contributed by atoms with Gasteiger partial charge in [0.25, 0.3) is 5.56 Å². The van der Waals surface area contributed by atoms with Crippen molar-refractivity contribution in [3.8, 4) is 11.6 Å². The van der Waals surface area contributed by atoms with E-state index in [-0.39, 0.29) is 11.7 Å². The zero-order chi connectivity index (χ0) is 18.8. The Bertz CT molecular complexity index is 994. The van der Waals surface area contributed by atoms with Crippen LogP contribution in [0.25, 0.3) is 5.78 Å². The number of nitrogens with zero attached hydrogens (tertiary/aromatic N) is 5. The molecule has 0 bridgehead atoms. The lowest BCUT2D eigenvalue weighted by molar-refractivity contribution is 0.170. The maximum absolute atomic E-state index is 11.9. The first kappa shape index (κ1) is 17.3. The molecule has 1 aliphatic heterocycles. The van der Waals surface area contributed by atoms with Crippen LogP contribution in [0.2, 0.25) is 0 Å². The fourth-order valence-corrected chi connectivity index (χ4v) is 3.30. The van der Waals surface area contributed by atoms with Crippen molar-refractivity contribution in [1.82, 2.24) is 19.4 Å². The number of ether oxygens (including phenoxy) is 2. The lowest BCUT2D eigenvalue weighted by Gasteiger charge is -2.33. The molecule has 4 rings (SSSR count). The molecule has 0 aliphatic carbocycles. The maximum atomic E-state index is 11.9. The number of methoxy groups -OCH3 is 1. The van der Waals surface area contributed by atoms with E-state index < -0.39 is 0 Å². The third kappa shape index (κ3) is 3.55. The highest BCUT2D eigenvalue weighted by Gasteiger charge is 2.23. The van der Waals surface area contributed by atoms with Gasteiger partial charge in [-0.3, -0.25) is 9.20 Å². The van der Waals surface area contributed by atoms with Crippen molar-refractivity contribution in [2.24, 2.45) is 0 Å². The van der Waals surface area contributed by atoms with E-state index in [1.165, 1.54) is 16.7 Å². The molecule has 3 aromatic rings. The molecule has 1 saturated heterocycles. The Balaban J connectivity index is 1.45. The molecule has 140 valence electrons. The summed E-state index contributed by atoms with van der Waals surface area (Å²) < 4.78 is 12.6. The van der Waals surface area contributed by atoms with Gasteiger partial charge in [0.1, 0.15) is 17.7 Å². The average Bonchev–Trinajstić information content (AvgIpc) is 2.70. The van der Waals surface area contributed by atoms with Crippen LogP contribution in [0.3, 0.4) is 0 Å². The van der Waals surface area contributed by atoms with Crippen molar-refractivity contribution in [2.45, 2.75) is 25.9 Å². The fraction of sp³-hybridized carbons (Fsp3) is 0.368. The zero-order valence-electron chi connectivity index (χ0n) is 15.3. The number of rotatable bonds is 4. The van der Waals surface area contributed by atoms with Crippen LogP contribution in [-0.4, -0.2) is 45.7 Å². The first-order chi connectivity index (χ1) is 13.1. The van der Waals surface area contributed by atoms with E-state index in [9.17, 15) is 4.79 Å². The SMILES string of the molecule is COc1ccc(OC2CCN(c3nc4nccc(=O)n4cc3C)CC2)cn1. The first-order valence-corrected chi connectivity index (χ1v) is 8.91. The number of fused-ring (bicyclic) bond motifs is 1. The molecule has 8 heteroatoms. The van der Waals surface area contributed by atoms with Crippen molar-refractivity contribution in [3.63, 3.8) is 0 Å². The second-order valence-corrected chi connectivity index (χ2v) is 6.54. The normalized spacial score (nSPS) is 15.1. The van der Waals surface area contributed by atoms with Gasteiger partial charge < -0.3 is 14.4 Å². The lowest BCUT2D eigenvalue weighted by atomic mass is 10.1.